The lowest BCUT2D eigenvalue weighted by atomic mass is 10.1. The summed E-state index contributed by atoms with van der Waals surface area (Å²) >= 11 is 0. The highest BCUT2D eigenvalue weighted by Crippen LogP contribution is 2.27. The number of nitrogens with one attached hydrogen (secondary N) is 1. The van der Waals surface area contributed by atoms with Crippen LogP contribution < -0.4 is 10.1 Å². The van der Waals surface area contributed by atoms with Gasteiger partial charge in [-0.15, -0.1) is 0 Å². The summed E-state index contributed by atoms with van der Waals surface area (Å²) in [5.41, 5.74) is 2.01. The van der Waals surface area contributed by atoms with E-state index >= 15 is 0 Å². The van der Waals surface area contributed by atoms with Crippen LogP contribution in [0.25, 0.3) is 0 Å². The highest BCUT2D eigenvalue weighted by molar-refractivity contribution is 5.72. The van der Waals surface area contributed by atoms with E-state index in [0.717, 1.165) is 11.1 Å². The summed E-state index contributed by atoms with van der Waals surface area (Å²) in [4.78, 5) is 10.8. The van der Waals surface area contributed by atoms with Crippen molar-refractivity contribution in [2.45, 2.75) is 32.9 Å². The van der Waals surface area contributed by atoms with E-state index in [4.69, 9.17) is 9.84 Å². The summed E-state index contributed by atoms with van der Waals surface area (Å²) in [6, 6.07) is 5.93. The molecule has 17 heavy (non-hydrogen) atoms. The van der Waals surface area contributed by atoms with Crippen molar-refractivity contribution in [2.75, 3.05) is 7.05 Å². The topological polar surface area (TPSA) is 58.6 Å². The van der Waals surface area contributed by atoms with Crippen LogP contribution in [0.5, 0.6) is 5.75 Å². The van der Waals surface area contributed by atoms with Crippen molar-refractivity contribution in [1.29, 1.82) is 0 Å². The van der Waals surface area contributed by atoms with Crippen LogP contribution in [0, 0.1) is 6.92 Å². The van der Waals surface area contributed by atoms with Crippen molar-refractivity contribution < 1.29 is 14.6 Å². The number of carbonyl (C=O) groups is 1. The molecule has 2 unspecified atom stereocenters. The monoisotopic (exact) mass is 237 g/mol. The predicted octanol–water partition coefficient (Wildman–Crippen LogP) is 2.13. The smallest absolute Gasteiger partial charge is 0.344 e. The molecule has 0 saturated heterocycles. The Kier molecular flexibility index (Phi) is 4.52. The molecule has 0 heterocycles. The van der Waals surface area contributed by atoms with Gasteiger partial charge in [-0.3, -0.25) is 0 Å². The van der Waals surface area contributed by atoms with Crippen LogP contribution in [-0.2, 0) is 4.79 Å². The first kappa shape index (κ1) is 13.5. The fourth-order valence-corrected chi connectivity index (χ4v) is 1.50. The summed E-state index contributed by atoms with van der Waals surface area (Å²) in [6.07, 6.45) is -0.848. The van der Waals surface area contributed by atoms with Crippen LogP contribution in [0.15, 0.2) is 18.2 Å². The Labute approximate surface area is 102 Å². The van der Waals surface area contributed by atoms with Crippen LogP contribution in [0.2, 0.25) is 0 Å². The van der Waals surface area contributed by atoms with Gasteiger partial charge in [0, 0.05) is 11.6 Å². The molecule has 1 aromatic rings. The molecule has 94 valence electrons. The quantitative estimate of drug-likeness (QED) is 0.823. The molecule has 0 bridgehead atoms. The molecule has 1 rings (SSSR count). The fraction of sp³-hybridized carbons (Fsp3) is 0.462. The molecule has 0 radical (unpaired) electrons. The van der Waals surface area contributed by atoms with E-state index in [1.165, 1.54) is 6.92 Å². The van der Waals surface area contributed by atoms with E-state index in [1.54, 1.807) is 0 Å². The number of benzene rings is 1. The van der Waals surface area contributed by atoms with Crippen LogP contribution in [0.3, 0.4) is 0 Å². The minimum atomic E-state index is -0.963. The van der Waals surface area contributed by atoms with Crippen molar-refractivity contribution in [1.82, 2.24) is 5.32 Å². The standard InChI is InChI=1S/C13H19NO3/c1-8-5-6-11(9(2)14-4)12(7-8)17-10(3)13(15)16/h5-7,9-10,14H,1-4H3,(H,15,16). The van der Waals surface area contributed by atoms with Crippen LogP contribution >= 0.6 is 0 Å². The second-order valence-electron chi connectivity index (χ2n) is 4.15. The Hall–Kier alpha value is -1.55. The normalized spacial score (nSPS) is 14.1. The lowest BCUT2D eigenvalue weighted by Crippen LogP contribution is -2.24. The number of ether oxygens (including phenoxy) is 1. The summed E-state index contributed by atoms with van der Waals surface area (Å²) in [5, 5.41) is 12.0. The van der Waals surface area contributed by atoms with Crippen LogP contribution in [0.4, 0.5) is 0 Å². The zero-order chi connectivity index (χ0) is 13.0. The third-order valence-electron chi connectivity index (χ3n) is 2.72. The zero-order valence-corrected chi connectivity index (χ0v) is 10.7. The van der Waals surface area contributed by atoms with Crippen LogP contribution in [-0.4, -0.2) is 24.2 Å². The Morgan fingerprint density at radius 1 is 1.41 bits per heavy atom. The van der Waals surface area contributed by atoms with Gasteiger partial charge in [-0.1, -0.05) is 12.1 Å². The number of hydrogen-bond acceptors (Lipinski definition) is 3. The summed E-state index contributed by atoms with van der Waals surface area (Å²) < 4.78 is 5.47. The average molecular weight is 237 g/mol. The van der Waals surface area contributed by atoms with Crippen molar-refractivity contribution in [3.63, 3.8) is 0 Å². The molecule has 2 N–H and O–H groups in total. The fourth-order valence-electron chi connectivity index (χ4n) is 1.50. The average Bonchev–Trinajstić information content (AvgIpc) is 2.28. The lowest BCUT2D eigenvalue weighted by molar-refractivity contribution is -0.144. The minimum Gasteiger partial charge on any atom is -0.479 e. The van der Waals surface area contributed by atoms with Gasteiger partial charge in [0.25, 0.3) is 0 Å². The SMILES string of the molecule is CNC(C)c1ccc(C)cc1OC(C)C(=O)O. The maximum Gasteiger partial charge on any atom is 0.344 e. The number of aliphatic carboxylic acids is 1. The van der Waals surface area contributed by atoms with E-state index in [-0.39, 0.29) is 6.04 Å². The number of carboxylic acid groups (broad SMARTS) is 1. The number of aryl methyl sites for hydroxylation is 1. The first-order valence-electron chi connectivity index (χ1n) is 5.63. The van der Waals surface area contributed by atoms with Gasteiger partial charge in [-0.2, -0.15) is 0 Å². The molecule has 0 fully saturated rings. The molecule has 0 aliphatic heterocycles. The number of carboxylic acids is 1. The van der Waals surface area contributed by atoms with Crippen molar-refractivity contribution in [2.24, 2.45) is 0 Å². The molecule has 0 aromatic heterocycles. The van der Waals surface area contributed by atoms with Crippen molar-refractivity contribution >= 4 is 5.97 Å². The van der Waals surface area contributed by atoms with Gasteiger partial charge in [0.15, 0.2) is 6.10 Å². The third-order valence-corrected chi connectivity index (χ3v) is 2.72. The zero-order valence-electron chi connectivity index (χ0n) is 10.7. The van der Waals surface area contributed by atoms with E-state index in [1.807, 2.05) is 39.1 Å². The van der Waals surface area contributed by atoms with E-state index in [2.05, 4.69) is 5.32 Å². The second kappa shape index (κ2) is 5.68. The largest absolute Gasteiger partial charge is 0.479 e. The summed E-state index contributed by atoms with van der Waals surface area (Å²) in [7, 11) is 1.86. The maximum atomic E-state index is 10.8. The molecule has 0 aliphatic carbocycles. The first-order valence-corrected chi connectivity index (χ1v) is 5.63. The molecule has 1 aromatic carbocycles. The second-order valence-corrected chi connectivity index (χ2v) is 4.15. The molecular formula is C13H19NO3. The lowest BCUT2D eigenvalue weighted by Gasteiger charge is -2.19. The molecule has 0 aliphatic rings. The van der Waals surface area contributed by atoms with Gasteiger partial charge < -0.3 is 15.2 Å². The van der Waals surface area contributed by atoms with E-state index in [0.29, 0.717) is 5.75 Å². The third kappa shape index (κ3) is 3.46. The van der Waals surface area contributed by atoms with E-state index < -0.39 is 12.1 Å². The summed E-state index contributed by atoms with van der Waals surface area (Å²) in [5.74, 6) is -0.337. The van der Waals surface area contributed by atoms with Gasteiger partial charge in [0.1, 0.15) is 5.75 Å². The first-order chi connectivity index (χ1) is 7.95. The Morgan fingerprint density at radius 2 is 2.06 bits per heavy atom. The maximum absolute atomic E-state index is 10.8. The molecule has 2 atom stereocenters. The van der Waals surface area contributed by atoms with Crippen LogP contribution in [0.1, 0.15) is 31.0 Å². The molecular weight excluding hydrogens is 218 g/mol. The minimum absolute atomic E-state index is 0.117. The molecule has 0 spiro atoms. The number of rotatable bonds is 5. The summed E-state index contributed by atoms with van der Waals surface area (Å²) in [6.45, 7) is 5.48. The van der Waals surface area contributed by atoms with Gasteiger partial charge in [-0.05, 0) is 39.4 Å². The number of hydrogen-bond donors (Lipinski definition) is 2. The predicted molar refractivity (Wildman–Crippen MR) is 66.4 cm³/mol. The molecule has 0 saturated carbocycles. The Bertz CT molecular complexity index is 404. The highest BCUT2D eigenvalue weighted by Gasteiger charge is 2.17. The van der Waals surface area contributed by atoms with Gasteiger partial charge in [0.05, 0.1) is 0 Å². The van der Waals surface area contributed by atoms with Gasteiger partial charge in [-0.25, -0.2) is 4.79 Å². The van der Waals surface area contributed by atoms with Crippen molar-refractivity contribution in [3.8, 4) is 5.75 Å². The van der Waals surface area contributed by atoms with Crippen molar-refractivity contribution in [3.05, 3.63) is 29.3 Å². The van der Waals surface area contributed by atoms with Gasteiger partial charge in [0.2, 0.25) is 0 Å². The Balaban J connectivity index is 3.02. The molecule has 4 nitrogen and oxygen atoms in total. The highest BCUT2D eigenvalue weighted by atomic mass is 16.5. The Morgan fingerprint density at radius 3 is 2.59 bits per heavy atom. The van der Waals surface area contributed by atoms with Gasteiger partial charge >= 0.3 is 5.97 Å². The molecule has 4 heteroatoms. The molecule has 0 amide bonds. The van der Waals surface area contributed by atoms with E-state index in [9.17, 15) is 4.79 Å².